The van der Waals surface area contributed by atoms with Gasteiger partial charge in [0.25, 0.3) is 0 Å². The number of morpholine rings is 1. The highest BCUT2D eigenvalue weighted by atomic mass is 35.5. The zero-order valence-electron chi connectivity index (χ0n) is 11.3. The summed E-state index contributed by atoms with van der Waals surface area (Å²) in [6.45, 7) is 5.32. The molecule has 1 unspecified atom stereocenters. The van der Waals surface area contributed by atoms with E-state index < -0.39 is 0 Å². The fourth-order valence-corrected chi connectivity index (χ4v) is 2.68. The average molecular weight is 286 g/mol. The van der Waals surface area contributed by atoms with Crippen molar-refractivity contribution >= 4 is 17.3 Å². The lowest BCUT2D eigenvalue weighted by Crippen LogP contribution is -2.54. The standard InChI is InChI=1S/C14H20ClNO3/c1-14(2)9-16(6-12(8-18)19-14)11-4-3-10(7-17)13(15)5-11/h3-5,12,17-18H,6-9H2,1-2H3. The summed E-state index contributed by atoms with van der Waals surface area (Å²) in [6, 6.07) is 5.62. The van der Waals surface area contributed by atoms with Gasteiger partial charge in [0.2, 0.25) is 0 Å². The smallest absolute Gasteiger partial charge is 0.0988 e. The monoisotopic (exact) mass is 285 g/mol. The molecule has 0 aromatic heterocycles. The Bertz CT molecular complexity index is 450. The quantitative estimate of drug-likeness (QED) is 0.889. The van der Waals surface area contributed by atoms with Gasteiger partial charge < -0.3 is 19.8 Å². The van der Waals surface area contributed by atoms with Gasteiger partial charge in [-0.3, -0.25) is 0 Å². The molecule has 0 amide bonds. The molecule has 1 fully saturated rings. The fourth-order valence-electron chi connectivity index (χ4n) is 2.45. The summed E-state index contributed by atoms with van der Waals surface area (Å²) in [5, 5.41) is 19.0. The zero-order valence-corrected chi connectivity index (χ0v) is 12.0. The Labute approximate surface area is 118 Å². The van der Waals surface area contributed by atoms with Crippen molar-refractivity contribution in [3.63, 3.8) is 0 Å². The van der Waals surface area contributed by atoms with Crippen LogP contribution in [-0.4, -0.2) is 41.6 Å². The lowest BCUT2D eigenvalue weighted by Gasteiger charge is -2.43. The van der Waals surface area contributed by atoms with Crippen LogP contribution in [0, 0.1) is 0 Å². The van der Waals surface area contributed by atoms with Crippen molar-refractivity contribution in [1.82, 2.24) is 0 Å². The molecule has 0 bridgehead atoms. The summed E-state index contributed by atoms with van der Waals surface area (Å²) in [6.07, 6.45) is -0.194. The van der Waals surface area contributed by atoms with E-state index in [4.69, 9.17) is 21.4 Å². The highest BCUT2D eigenvalue weighted by Gasteiger charge is 2.33. The van der Waals surface area contributed by atoms with Crippen molar-refractivity contribution < 1.29 is 14.9 Å². The molecular formula is C14H20ClNO3. The minimum atomic E-state index is -0.312. The Morgan fingerprint density at radius 3 is 2.74 bits per heavy atom. The van der Waals surface area contributed by atoms with Crippen molar-refractivity contribution in [3.8, 4) is 0 Å². The van der Waals surface area contributed by atoms with Crippen LogP contribution in [0.4, 0.5) is 5.69 Å². The zero-order chi connectivity index (χ0) is 14.0. The Kier molecular flexibility index (Phi) is 4.36. The molecular weight excluding hydrogens is 266 g/mol. The summed E-state index contributed by atoms with van der Waals surface area (Å²) in [5.41, 5.74) is 1.39. The second-order valence-electron chi connectivity index (χ2n) is 5.50. The van der Waals surface area contributed by atoms with Crippen LogP contribution in [0.15, 0.2) is 18.2 Å². The van der Waals surface area contributed by atoms with E-state index in [0.29, 0.717) is 11.6 Å². The molecule has 1 saturated heterocycles. The average Bonchev–Trinajstić information content (AvgIpc) is 2.36. The molecule has 19 heavy (non-hydrogen) atoms. The molecule has 1 aliphatic heterocycles. The fraction of sp³-hybridized carbons (Fsp3) is 0.571. The van der Waals surface area contributed by atoms with Crippen LogP contribution in [0.1, 0.15) is 19.4 Å². The molecule has 1 aromatic rings. The van der Waals surface area contributed by atoms with Gasteiger partial charge in [-0.15, -0.1) is 0 Å². The topological polar surface area (TPSA) is 52.9 Å². The molecule has 0 spiro atoms. The highest BCUT2D eigenvalue weighted by Crippen LogP contribution is 2.29. The molecule has 2 N–H and O–H groups in total. The molecule has 106 valence electrons. The maximum atomic E-state index is 9.31. The van der Waals surface area contributed by atoms with Gasteiger partial charge in [0.1, 0.15) is 0 Å². The molecule has 0 radical (unpaired) electrons. The van der Waals surface area contributed by atoms with Gasteiger partial charge >= 0.3 is 0 Å². The number of hydrogen-bond donors (Lipinski definition) is 2. The van der Waals surface area contributed by atoms with E-state index in [2.05, 4.69) is 4.90 Å². The molecule has 1 aliphatic rings. The molecule has 4 nitrogen and oxygen atoms in total. The number of anilines is 1. The van der Waals surface area contributed by atoms with Gasteiger partial charge in [0.05, 0.1) is 24.9 Å². The predicted octanol–water partition coefficient (Wildman–Crippen LogP) is 1.81. The van der Waals surface area contributed by atoms with Gasteiger partial charge in [0.15, 0.2) is 0 Å². The summed E-state index contributed by atoms with van der Waals surface area (Å²) in [7, 11) is 0. The summed E-state index contributed by atoms with van der Waals surface area (Å²) in [5.74, 6) is 0. The van der Waals surface area contributed by atoms with Crippen LogP contribution in [0.2, 0.25) is 5.02 Å². The predicted molar refractivity (Wildman–Crippen MR) is 75.6 cm³/mol. The lowest BCUT2D eigenvalue weighted by atomic mass is 10.0. The third-order valence-corrected chi connectivity index (χ3v) is 3.61. The number of halogens is 1. The van der Waals surface area contributed by atoms with Crippen LogP contribution in [0.3, 0.4) is 0 Å². The van der Waals surface area contributed by atoms with Crippen LogP contribution in [0.25, 0.3) is 0 Å². The minimum Gasteiger partial charge on any atom is -0.394 e. The van der Waals surface area contributed by atoms with E-state index in [1.54, 1.807) is 0 Å². The Hall–Kier alpha value is -0.810. The van der Waals surface area contributed by atoms with Crippen molar-refractivity contribution in [1.29, 1.82) is 0 Å². The van der Waals surface area contributed by atoms with E-state index in [9.17, 15) is 5.11 Å². The van der Waals surface area contributed by atoms with Crippen LogP contribution < -0.4 is 4.90 Å². The first-order valence-electron chi connectivity index (χ1n) is 6.38. The number of rotatable bonds is 3. The molecule has 5 heteroatoms. The van der Waals surface area contributed by atoms with Crippen molar-refractivity contribution in [3.05, 3.63) is 28.8 Å². The first kappa shape index (κ1) is 14.6. The highest BCUT2D eigenvalue weighted by molar-refractivity contribution is 6.31. The normalized spacial score (nSPS) is 22.6. The molecule has 0 saturated carbocycles. The van der Waals surface area contributed by atoms with Gasteiger partial charge in [0, 0.05) is 23.8 Å². The number of aliphatic hydroxyl groups excluding tert-OH is 2. The molecule has 1 aromatic carbocycles. The van der Waals surface area contributed by atoms with Gasteiger partial charge in [-0.25, -0.2) is 0 Å². The Morgan fingerprint density at radius 2 is 2.16 bits per heavy atom. The second-order valence-corrected chi connectivity index (χ2v) is 5.90. The van der Waals surface area contributed by atoms with Crippen molar-refractivity contribution in [2.75, 3.05) is 24.6 Å². The van der Waals surface area contributed by atoms with Gasteiger partial charge in [-0.1, -0.05) is 17.7 Å². The van der Waals surface area contributed by atoms with E-state index in [0.717, 1.165) is 17.8 Å². The molecule has 1 atom stereocenters. The van der Waals surface area contributed by atoms with Crippen molar-refractivity contribution in [2.45, 2.75) is 32.2 Å². The lowest BCUT2D eigenvalue weighted by molar-refractivity contribution is -0.101. The SMILES string of the molecule is CC1(C)CN(c2ccc(CO)c(Cl)c2)CC(CO)O1. The number of benzene rings is 1. The van der Waals surface area contributed by atoms with Gasteiger partial charge in [-0.2, -0.15) is 0 Å². The van der Waals surface area contributed by atoms with E-state index in [1.807, 2.05) is 32.0 Å². The number of aliphatic hydroxyl groups is 2. The molecule has 1 heterocycles. The maximum absolute atomic E-state index is 9.31. The molecule has 0 aliphatic carbocycles. The van der Waals surface area contributed by atoms with Gasteiger partial charge in [-0.05, 0) is 31.5 Å². The minimum absolute atomic E-state index is 0.00237. The number of ether oxygens (including phenoxy) is 1. The largest absolute Gasteiger partial charge is 0.394 e. The van der Waals surface area contributed by atoms with Crippen LogP contribution >= 0.6 is 11.6 Å². The van der Waals surface area contributed by atoms with Crippen LogP contribution in [0.5, 0.6) is 0 Å². The maximum Gasteiger partial charge on any atom is 0.0988 e. The first-order valence-corrected chi connectivity index (χ1v) is 6.76. The van der Waals surface area contributed by atoms with E-state index in [1.165, 1.54) is 0 Å². The summed E-state index contributed by atoms with van der Waals surface area (Å²) >= 11 is 6.12. The third kappa shape index (κ3) is 3.39. The third-order valence-electron chi connectivity index (χ3n) is 3.26. The van der Waals surface area contributed by atoms with E-state index in [-0.39, 0.29) is 24.9 Å². The second kappa shape index (κ2) is 5.67. The Balaban J connectivity index is 2.23. The summed E-state index contributed by atoms with van der Waals surface area (Å²) in [4.78, 5) is 2.15. The first-order chi connectivity index (χ1) is 8.95. The summed E-state index contributed by atoms with van der Waals surface area (Å²) < 4.78 is 5.79. The van der Waals surface area contributed by atoms with E-state index >= 15 is 0 Å². The number of nitrogens with zero attached hydrogens (tertiary/aromatic N) is 1. The van der Waals surface area contributed by atoms with Crippen molar-refractivity contribution in [2.24, 2.45) is 0 Å². The Morgan fingerprint density at radius 1 is 1.42 bits per heavy atom. The molecule has 2 rings (SSSR count). The van der Waals surface area contributed by atoms with Crippen LogP contribution in [-0.2, 0) is 11.3 Å². The number of hydrogen-bond acceptors (Lipinski definition) is 4.